The maximum atomic E-state index is 5.61. The largest absolute Gasteiger partial charge is 0.495 e. The molecular formula is C15H24N2O2. The van der Waals surface area contributed by atoms with Crippen molar-refractivity contribution in [2.24, 2.45) is 5.92 Å². The number of anilines is 1. The third-order valence-electron chi connectivity index (χ3n) is 3.85. The Morgan fingerprint density at radius 2 is 2.21 bits per heavy atom. The molecule has 0 radical (unpaired) electrons. The second-order valence-corrected chi connectivity index (χ2v) is 5.07. The molecule has 1 aromatic carbocycles. The first-order valence-corrected chi connectivity index (χ1v) is 6.85. The molecule has 1 N–H and O–H groups in total. The summed E-state index contributed by atoms with van der Waals surface area (Å²) in [5, 5.41) is 3.40. The van der Waals surface area contributed by atoms with E-state index in [1.54, 1.807) is 7.11 Å². The van der Waals surface area contributed by atoms with Gasteiger partial charge in [-0.05, 0) is 25.6 Å². The fourth-order valence-corrected chi connectivity index (χ4v) is 2.75. The minimum Gasteiger partial charge on any atom is -0.495 e. The molecule has 1 fully saturated rings. The van der Waals surface area contributed by atoms with Crippen molar-refractivity contribution in [3.05, 3.63) is 24.3 Å². The summed E-state index contributed by atoms with van der Waals surface area (Å²) in [4.78, 5) is 2.25. The first kappa shape index (κ1) is 14.2. The van der Waals surface area contributed by atoms with E-state index in [0.717, 1.165) is 37.6 Å². The van der Waals surface area contributed by atoms with Crippen molar-refractivity contribution in [2.75, 3.05) is 45.9 Å². The van der Waals surface area contributed by atoms with Crippen molar-refractivity contribution >= 4 is 5.69 Å². The van der Waals surface area contributed by atoms with Crippen LogP contribution in [0.1, 0.15) is 6.42 Å². The van der Waals surface area contributed by atoms with Gasteiger partial charge in [-0.3, -0.25) is 0 Å². The molecule has 2 atom stereocenters. The number of hydrogen-bond donors (Lipinski definition) is 1. The Bertz CT molecular complexity index is 397. The van der Waals surface area contributed by atoms with Crippen LogP contribution in [0.5, 0.6) is 5.75 Å². The van der Waals surface area contributed by atoms with Crippen LogP contribution < -0.4 is 15.0 Å². The topological polar surface area (TPSA) is 33.7 Å². The Balaban J connectivity index is 2.05. The normalized spacial score (nSPS) is 23.1. The quantitative estimate of drug-likeness (QED) is 0.878. The maximum Gasteiger partial charge on any atom is 0.142 e. The van der Waals surface area contributed by atoms with Gasteiger partial charge in [-0.15, -0.1) is 0 Å². The van der Waals surface area contributed by atoms with Crippen LogP contribution >= 0.6 is 0 Å². The molecule has 0 spiro atoms. The van der Waals surface area contributed by atoms with Crippen molar-refractivity contribution in [1.82, 2.24) is 5.32 Å². The molecule has 4 nitrogen and oxygen atoms in total. The Morgan fingerprint density at radius 3 is 2.95 bits per heavy atom. The summed E-state index contributed by atoms with van der Waals surface area (Å²) >= 11 is 0. The van der Waals surface area contributed by atoms with E-state index < -0.39 is 0 Å². The molecule has 0 aromatic heterocycles. The maximum absolute atomic E-state index is 5.61. The number of rotatable bonds is 5. The summed E-state index contributed by atoms with van der Waals surface area (Å²) in [7, 11) is 5.86. The lowest BCUT2D eigenvalue weighted by Gasteiger charge is -2.35. The van der Waals surface area contributed by atoms with Crippen LogP contribution in [0.25, 0.3) is 0 Å². The Labute approximate surface area is 115 Å². The van der Waals surface area contributed by atoms with E-state index in [1.807, 2.05) is 25.2 Å². The van der Waals surface area contributed by atoms with Gasteiger partial charge in [-0.2, -0.15) is 0 Å². The molecule has 1 aliphatic heterocycles. The van der Waals surface area contributed by atoms with Crippen LogP contribution in [0.3, 0.4) is 0 Å². The number of ether oxygens (including phenoxy) is 2. The highest BCUT2D eigenvalue weighted by molar-refractivity contribution is 5.57. The molecule has 1 aromatic rings. The van der Waals surface area contributed by atoms with E-state index in [-0.39, 0.29) is 0 Å². The van der Waals surface area contributed by atoms with Gasteiger partial charge in [0.1, 0.15) is 5.75 Å². The molecule has 19 heavy (non-hydrogen) atoms. The average Bonchev–Trinajstić information content (AvgIpc) is 2.47. The first-order chi connectivity index (χ1) is 9.26. The number of nitrogens with zero attached hydrogens (tertiary/aromatic N) is 1. The molecule has 2 unspecified atom stereocenters. The van der Waals surface area contributed by atoms with E-state index in [0.29, 0.717) is 12.0 Å². The van der Waals surface area contributed by atoms with Gasteiger partial charge in [0.05, 0.1) is 19.4 Å². The molecule has 1 heterocycles. The smallest absolute Gasteiger partial charge is 0.142 e. The molecule has 0 aliphatic carbocycles. The van der Waals surface area contributed by atoms with Crippen molar-refractivity contribution in [2.45, 2.75) is 12.5 Å². The van der Waals surface area contributed by atoms with Crippen LogP contribution in [0, 0.1) is 5.92 Å². The number of nitrogens with one attached hydrogen (secondary N) is 1. The molecule has 1 aliphatic rings. The zero-order chi connectivity index (χ0) is 13.7. The Morgan fingerprint density at radius 1 is 1.42 bits per heavy atom. The number of methoxy groups -OCH3 is 1. The summed E-state index contributed by atoms with van der Waals surface area (Å²) in [6.07, 6.45) is 1.08. The second kappa shape index (κ2) is 6.78. The fraction of sp³-hybridized carbons (Fsp3) is 0.600. The van der Waals surface area contributed by atoms with Crippen LogP contribution in [-0.2, 0) is 4.74 Å². The lowest BCUT2D eigenvalue weighted by molar-refractivity contribution is 0.0370. The predicted molar refractivity (Wildman–Crippen MR) is 78.0 cm³/mol. The fourth-order valence-electron chi connectivity index (χ4n) is 2.75. The van der Waals surface area contributed by atoms with Gasteiger partial charge < -0.3 is 19.7 Å². The third-order valence-corrected chi connectivity index (χ3v) is 3.85. The van der Waals surface area contributed by atoms with Gasteiger partial charge in [-0.1, -0.05) is 12.1 Å². The molecule has 2 rings (SSSR count). The average molecular weight is 264 g/mol. The van der Waals surface area contributed by atoms with Gasteiger partial charge in [0.15, 0.2) is 0 Å². The van der Waals surface area contributed by atoms with Gasteiger partial charge in [0.25, 0.3) is 0 Å². The molecule has 0 amide bonds. The first-order valence-electron chi connectivity index (χ1n) is 6.85. The summed E-state index contributed by atoms with van der Waals surface area (Å²) < 4.78 is 11.0. The lowest BCUT2D eigenvalue weighted by Crippen LogP contribution is -2.46. The summed E-state index contributed by atoms with van der Waals surface area (Å²) in [6.45, 7) is 2.65. The van der Waals surface area contributed by atoms with Gasteiger partial charge in [0, 0.05) is 32.2 Å². The van der Waals surface area contributed by atoms with Crippen LogP contribution in [0.2, 0.25) is 0 Å². The number of hydrogen-bond acceptors (Lipinski definition) is 4. The van der Waals surface area contributed by atoms with Crippen LogP contribution in [0.15, 0.2) is 24.3 Å². The third kappa shape index (κ3) is 3.39. The monoisotopic (exact) mass is 264 g/mol. The van der Waals surface area contributed by atoms with Gasteiger partial charge >= 0.3 is 0 Å². The second-order valence-electron chi connectivity index (χ2n) is 5.07. The molecule has 4 heteroatoms. The molecule has 106 valence electrons. The van der Waals surface area contributed by atoms with E-state index in [2.05, 4.69) is 23.3 Å². The molecule has 0 saturated carbocycles. The van der Waals surface area contributed by atoms with E-state index in [4.69, 9.17) is 9.47 Å². The Kier molecular flexibility index (Phi) is 5.05. The SMILES string of the molecule is CNC1CCOCC1CN(C)c1ccccc1OC. The van der Waals surface area contributed by atoms with Crippen LogP contribution in [0.4, 0.5) is 5.69 Å². The zero-order valence-electron chi connectivity index (χ0n) is 12.1. The Hall–Kier alpha value is -1.26. The van der Waals surface area contributed by atoms with E-state index in [9.17, 15) is 0 Å². The number of benzene rings is 1. The molecule has 0 bridgehead atoms. The summed E-state index contributed by atoms with van der Waals surface area (Å²) in [5.74, 6) is 1.43. The van der Waals surface area contributed by atoms with Gasteiger partial charge in [0.2, 0.25) is 0 Å². The minimum absolute atomic E-state index is 0.508. The van der Waals surface area contributed by atoms with Crippen LogP contribution in [-0.4, -0.2) is 47.0 Å². The highest BCUT2D eigenvalue weighted by Crippen LogP contribution is 2.28. The highest BCUT2D eigenvalue weighted by atomic mass is 16.5. The molecular weight excluding hydrogens is 240 g/mol. The lowest BCUT2D eigenvalue weighted by atomic mass is 9.95. The minimum atomic E-state index is 0.508. The summed E-state index contributed by atoms with van der Waals surface area (Å²) in [6, 6.07) is 8.67. The molecule has 1 saturated heterocycles. The van der Waals surface area contributed by atoms with Gasteiger partial charge in [-0.25, -0.2) is 0 Å². The predicted octanol–water partition coefficient (Wildman–Crippen LogP) is 1.76. The van der Waals surface area contributed by atoms with E-state index >= 15 is 0 Å². The van der Waals surface area contributed by atoms with Crippen molar-refractivity contribution < 1.29 is 9.47 Å². The van der Waals surface area contributed by atoms with Crippen molar-refractivity contribution in [1.29, 1.82) is 0 Å². The van der Waals surface area contributed by atoms with Crippen molar-refractivity contribution in [3.8, 4) is 5.75 Å². The number of para-hydroxylation sites is 2. The van der Waals surface area contributed by atoms with Crippen molar-refractivity contribution in [3.63, 3.8) is 0 Å². The zero-order valence-corrected chi connectivity index (χ0v) is 12.1. The highest BCUT2D eigenvalue weighted by Gasteiger charge is 2.26. The summed E-state index contributed by atoms with van der Waals surface area (Å²) in [5.41, 5.74) is 1.13. The standard InChI is InChI=1S/C15H24N2O2/c1-16-13-8-9-19-11-12(13)10-17(2)14-6-4-5-7-15(14)18-3/h4-7,12-13,16H,8-11H2,1-3H3. The van der Waals surface area contributed by atoms with E-state index in [1.165, 1.54) is 0 Å².